The molecule has 0 aliphatic heterocycles. The van der Waals surface area contributed by atoms with Crippen LogP contribution in [0, 0.1) is 0 Å². The van der Waals surface area contributed by atoms with Gasteiger partial charge >= 0.3 is 0 Å². The van der Waals surface area contributed by atoms with E-state index < -0.39 is 0 Å². The van der Waals surface area contributed by atoms with Gasteiger partial charge in [0, 0.05) is 11.7 Å². The molecule has 0 spiro atoms. The number of rotatable bonds is 2. The van der Waals surface area contributed by atoms with E-state index in [0.29, 0.717) is 16.9 Å². The highest BCUT2D eigenvalue weighted by Gasteiger charge is 2.36. The van der Waals surface area contributed by atoms with Crippen molar-refractivity contribution >= 4 is 5.69 Å². The number of nitrogens with one attached hydrogen (secondary N) is 1. The molecule has 1 aromatic carbocycles. The summed E-state index contributed by atoms with van der Waals surface area (Å²) in [5, 5.41) is 3.52. The molecule has 0 amide bonds. The highest BCUT2D eigenvalue weighted by Crippen LogP contribution is 2.46. The van der Waals surface area contributed by atoms with E-state index in [2.05, 4.69) is 65.1 Å². The lowest BCUT2D eigenvalue weighted by molar-refractivity contribution is 0.332. The van der Waals surface area contributed by atoms with Crippen LogP contribution in [-0.4, -0.2) is 6.04 Å². The van der Waals surface area contributed by atoms with E-state index in [9.17, 15) is 0 Å². The van der Waals surface area contributed by atoms with Gasteiger partial charge in [-0.3, -0.25) is 0 Å². The van der Waals surface area contributed by atoms with Crippen molar-refractivity contribution < 1.29 is 0 Å². The predicted molar refractivity (Wildman–Crippen MR) is 80.5 cm³/mol. The third-order valence-electron chi connectivity index (χ3n) is 4.31. The fraction of sp³-hybridized carbons (Fsp3) is 0.647. The van der Waals surface area contributed by atoms with E-state index in [1.54, 1.807) is 0 Å². The van der Waals surface area contributed by atoms with E-state index in [1.807, 2.05) is 0 Å². The Bertz CT molecular complexity index is 441. The molecular formula is C17H27N. The smallest absolute Gasteiger partial charge is 0.0345 e. The molecule has 0 aromatic heterocycles. The molecule has 0 bridgehead atoms. The summed E-state index contributed by atoms with van der Waals surface area (Å²) in [6.07, 6.45) is 2.56. The van der Waals surface area contributed by atoms with Gasteiger partial charge in [-0.1, -0.05) is 33.8 Å². The average Bonchev–Trinajstić information content (AvgIpc) is 2.24. The van der Waals surface area contributed by atoms with Crippen LogP contribution in [0.1, 0.15) is 65.5 Å². The SMILES string of the molecule is CC(C)Nc1ccc2c(c1)C(C)(C)CCC2(C)C. The monoisotopic (exact) mass is 245 g/mol. The standard InChI is InChI=1S/C17H27N/c1-12(2)18-13-7-8-14-15(11-13)17(5,6)10-9-16(14,3)4/h7-8,11-12,18H,9-10H2,1-6H3. The van der Waals surface area contributed by atoms with Crippen LogP contribution in [0.15, 0.2) is 18.2 Å². The van der Waals surface area contributed by atoms with Gasteiger partial charge in [-0.15, -0.1) is 0 Å². The van der Waals surface area contributed by atoms with Crippen LogP contribution in [-0.2, 0) is 10.8 Å². The van der Waals surface area contributed by atoms with Crippen LogP contribution in [0.5, 0.6) is 0 Å². The van der Waals surface area contributed by atoms with E-state index in [4.69, 9.17) is 0 Å². The first-order chi connectivity index (χ1) is 8.22. The fourth-order valence-electron chi connectivity index (χ4n) is 3.01. The zero-order valence-corrected chi connectivity index (χ0v) is 12.7. The molecule has 0 atom stereocenters. The Balaban J connectivity index is 2.48. The Labute approximate surface area is 112 Å². The molecule has 1 aliphatic carbocycles. The average molecular weight is 245 g/mol. The van der Waals surface area contributed by atoms with Crippen molar-refractivity contribution in [2.45, 2.75) is 71.3 Å². The summed E-state index contributed by atoms with van der Waals surface area (Å²) in [6.45, 7) is 13.9. The summed E-state index contributed by atoms with van der Waals surface area (Å²) in [5.74, 6) is 0. The summed E-state index contributed by atoms with van der Waals surface area (Å²) in [5.41, 5.74) is 4.95. The molecule has 0 heterocycles. The Hall–Kier alpha value is -0.980. The molecule has 1 heteroatoms. The molecule has 1 N–H and O–H groups in total. The number of anilines is 1. The van der Waals surface area contributed by atoms with E-state index in [-0.39, 0.29) is 0 Å². The lowest BCUT2D eigenvalue weighted by atomic mass is 9.63. The first-order valence-corrected chi connectivity index (χ1v) is 7.14. The van der Waals surface area contributed by atoms with Gasteiger partial charge in [0.2, 0.25) is 0 Å². The first-order valence-electron chi connectivity index (χ1n) is 7.14. The van der Waals surface area contributed by atoms with Gasteiger partial charge in [-0.05, 0) is 60.8 Å². The molecule has 0 saturated carbocycles. The molecule has 2 rings (SSSR count). The highest BCUT2D eigenvalue weighted by atomic mass is 14.9. The summed E-state index contributed by atoms with van der Waals surface area (Å²) in [7, 11) is 0. The third-order valence-corrected chi connectivity index (χ3v) is 4.31. The summed E-state index contributed by atoms with van der Waals surface area (Å²) >= 11 is 0. The van der Waals surface area contributed by atoms with Crippen LogP contribution >= 0.6 is 0 Å². The maximum Gasteiger partial charge on any atom is 0.0345 e. The number of fused-ring (bicyclic) bond motifs is 1. The van der Waals surface area contributed by atoms with Crippen molar-refractivity contribution in [3.05, 3.63) is 29.3 Å². The van der Waals surface area contributed by atoms with Gasteiger partial charge < -0.3 is 5.32 Å². The molecule has 0 unspecified atom stereocenters. The maximum absolute atomic E-state index is 3.52. The third kappa shape index (κ3) is 2.41. The lowest BCUT2D eigenvalue weighted by Gasteiger charge is -2.42. The lowest BCUT2D eigenvalue weighted by Crippen LogP contribution is -2.33. The van der Waals surface area contributed by atoms with Crippen molar-refractivity contribution in [1.82, 2.24) is 0 Å². The Morgan fingerprint density at radius 1 is 0.944 bits per heavy atom. The second-order valence-electron chi connectivity index (χ2n) is 7.33. The molecular weight excluding hydrogens is 218 g/mol. The fourth-order valence-corrected chi connectivity index (χ4v) is 3.01. The summed E-state index contributed by atoms with van der Waals surface area (Å²) < 4.78 is 0. The van der Waals surface area contributed by atoms with E-state index >= 15 is 0 Å². The van der Waals surface area contributed by atoms with Crippen LogP contribution in [0.4, 0.5) is 5.69 Å². The van der Waals surface area contributed by atoms with Gasteiger partial charge in [0.15, 0.2) is 0 Å². The van der Waals surface area contributed by atoms with Crippen LogP contribution < -0.4 is 5.32 Å². The normalized spacial score (nSPS) is 20.6. The van der Waals surface area contributed by atoms with E-state index in [1.165, 1.54) is 29.7 Å². The van der Waals surface area contributed by atoms with Crippen molar-refractivity contribution in [1.29, 1.82) is 0 Å². The second-order valence-corrected chi connectivity index (χ2v) is 7.33. The molecule has 18 heavy (non-hydrogen) atoms. The molecule has 1 aliphatic rings. The zero-order chi connectivity index (χ0) is 13.6. The quantitative estimate of drug-likeness (QED) is 0.785. The Kier molecular flexibility index (Phi) is 3.21. The Morgan fingerprint density at radius 3 is 2.06 bits per heavy atom. The van der Waals surface area contributed by atoms with Crippen molar-refractivity contribution in [2.24, 2.45) is 0 Å². The van der Waals surface area contributed by atoms with E-state index in [0.717, 1.165) is 0 Å². The minimum absolute atomic E-state index is 0.305. The minimum atomic E-state index is 0.305. The number of hydrogen-bond acceptors (Lipinski definition) is 1. The molecule has 1 nitrogen and oxygen atoms in total. The number of hydrogen-bond donors (Lipinski definition) is 1. The van der Waals surface area contributed by atoms with Gasteiger partial charge in [0.05, 0.1) is 0 Å². The van der Waals surface area contributed by atoms with Crippen molar-refractivity contribution in [2.75, 3.05) is 5.32 Å². The molecule has 100 valence electrons. The van der Waals surface area contributed by atoms with Crippen LogP contribution in [0.25, 0.3) is 0 Å². The van der Waals surface area contributed by atoms with Crippen molar-refractivity contribution in [3.8, 4) is 0 Å². The largest absolute Gasteiger partial charge is 0.383 e. The molecule has 0 saturated heterocycles. The van der Waals surface area contributed by atoms with Crippen molar-refractivity contribution in [3.63, 3.8) is 0 Å². The minimum Gasteiger partial charge on any atom is -0.383 e. The van der Waals surface area contributed by atoms with Crippen LogP contribution in [0.2, 0.25) is 0 Å². The molecule has 0 fully saturated rings. The van der Waals surface area contributed by atoms with Gasteiger partial charge in [-0.2, -0.15) is 0 Å². The van der Waals surface area contributed by atoms with Gasteiger partial charge in [0.25, 0.3) is 0 Å². The summed E-state index contributed by atoms with van der Waals surface area (Å²) in [6, 6.07) is 7.43. The second kappa shape index (κ2) is 4.29. The van der Waals surface area contributed by atoms with Gasteiger partial charge in [-0.25, -0.2) is 0 Å². The zero-order valence-electron chi connectivity index (χ0n) is 12.7. The number of benzene rings is 1. The predicted octanol–water partition coefficient (Wildman–Crippen LogP) is 4.86. The molecule has 1 aromatic rings. The topological polar surface area (TPSA) is 12.0 Å². The highest BCUT2D eigenvalue weighted by molar-refractivity contribution is 5.54. The maximum atomic E-state index is 3.52. The summed E-state index contributed by atoms with van der Waals surface area (Å²) in [4.78, 5) is 0. The Morgan fingerprint density at radius 2 is 1.50 bits per heavy atom. The van der Waals surface area contributed by atoms with Crippen LogP contribution in [0.3, 0.4) is 0 Å². The molecule has 0 radical (unpaired) electrons. The van der Waals surface area contributed by atoms with Gasteiger partial charge in [0.1, 0.15) is 0 Å². The first kappa shape index (κ1) is 13.5.